The quantitative estimate of drug-likeness (QED) is 0.717. The Kier molecular flexibility index (Phi) is 5.43. The Morgan fingerprint density at radius 1 is 1.27 bits per heavy atom. The Morgan fingerprint density at radius 3 is 3.00 bits per heavy atom. The Balaban J connectivity index is 1.45. The Bertz CT molecular complexity index is 838. The standard InChI is InChI=1S/C20H24N4OS/c1-2-17(23-19-16-8-11-26-20(16)22-14-21-19)18-13-24(9-10-25-18)12-15-6-4-3-5-7-15/h3-8,11,14,17-18H,2,9-10,12-13H2,1H3,(H,21,22,23). The lowest BCUT2D eigenvalue weighted by Gasteiger charge is -2.37. The van der Waals surface area contributed by atoms with Crippen molar-refractivity contribution in [1.29, 1.82) is 0 Å². The van der Waals surface area contributed by atoms with Crippen LogP contribution in [0.15, 0.2) is 48.1 Å². The number of rotatable bonds is 6. The number of anilines is 1. The Hall–Kier alpha value is -2.02. The summed E-state index contributed by atoms with van der Waals surface area (Å²) in [6.45, 7) is 5.85. The van der Waals surface area contributed by atoms with Crippen LogP contribution in [0.3, 0.4) is 0 Å². The van der Waals surface area contributed by atoms with Crippen LogP contribution in [0.4, 0.5) is 5.82 Å². The van der Waals surface area contributed by atoms with Gasteiger partial charge in [0.2, 0.25) is 0 Å². The molecule has 0 spiro atoms. The molecule has 0 radical (unpaired) electrons. The van der Waals surface area contributed by atoms with Gasteiger partial charge >= 0.3 is 0 Å². The summed E-state index contributed by atoms with van der Waals surface area (Å²) in [6.07, 6.45) is 2.78. The zero-order chi connectivity index (χ0) is 17.8. The summed E-state index contributed by atoms with van der Waals surface area (Å²) < 4.78 is 6.12. The summed E-state index contributed by atoms with van der Waals surface area (Å²) in [5.41, 5.74) is 1.35. The van der Waals surface area contributed by atoms with Crippen molar-refractivity contribution in [3.05, 3.63) is 53.7 Å². The summed E-state index contributed by atoms with van der Waals surface area (Å²) in [4.78, 5) is 12.3. The number of hydrogen-bond donors (Lipinski definition) is 1. The summed E-state index contributed by atoms with van der Waals surface area (Å²) >= 11 is 1.64. The van der Waals surface area contributed by atoms with Gasteiger partial charge in [0.25, 0.3) is 0 Å². The highest BCUT2D eigenvalue weighted by molar-refractivity contribution is 7.16. The maximum absolute atomic E-state index is 6.12. The van der Waals surface area contributed by atoms with Gasteiger partial charge in [-0.2, -0.15) is 0 Å². The molecular formula is C20H24N4OS. The number of nitrogens with zero attached hydrogens (tertiary/aromatic N) is 3. The molecule has 4 rings (SSSR count). The summed E-state index contributed by atoms with van der Waals surface area (Å²) in [5.74, 6) is 0.909. The molecule has 1 saturated heterocycles. The molecule has 3 heterocycles. The predicted molar refractivity (Wildman–Crippen MR) is 107 cm³/mol. The highest BCUT2D eigenvalue weighted by atomic mass is 32.1. The summed E-state index contributed by atoms with van der Waals surface area (Å²) in [7, 11) is 0. The molecule has 0 aliphatic carbocycles. The molecule has 2 unspecified atom stereocenters. The third-order valence-electron chi connectivity index (χ3n) is 4.90. The van der Waals surface area contributed by atoms with Crippen LogP contribution in [0.5, 0.6) is 0 Å². The minimum absolute atomic E-state index is 0.154. The smallest absolute Gasteiger partial charge is 0.138 e. The van der Waals surface area contributed by atoms with Gasteiger partial charge in [-0.1, -0.05) is 37.3 Å². The number of morpholine rings is 1. The lowest BCUT2D eigenvalue weighted by Crippen LogP contribution is -2.49. The van der Waals surface area contributed by atoms with E-state index in [-0.39, 0.29) is 12.1 Å². The summed E-state index contributed by atoms with van der Waals surface area (Å²) in [6, 6.07) is 13.0. The number of benzene rings is 1. The third-order valence-corrected chi connectivity index (χ3v) is 5.72. The molecule has 5 nitrogen and oxygen atoms in total. The second kappa shape index (κ2) is 8.12. The maximum Gasteiger partial charge on any atom is 0.138 e. The van der Waals surface area contributed by atoms with Crippen LogP contribution >= 0.6 is 11.3 Å². The first-order valence-electron chi connectivity index (χ1n) is 9.16. The van der Waals surface area contributed by atoms with Crippen molar-refractivity contribution in [2.45, 2.75) is 32.0 Å². The molecule has 3 aromatic rings. The number of nitrogens with one attached hydrogen (secondary N) is 1. The van der Waals surface area contributed by atoms with E-state index in [1.54, 1.807) is 17.7 Å². The molecule has 1 aliphatic heterocycles. The van der Waals surface area contributed by atoms with Gasteiger partial charge < -0.3 is 10.1 Å². The van der Waals surface area contributed by atoms with E-state index in [1.807, 2.05) is 0 Å². The number of aromatic nitrogens is 2. The fourth-order valence-corrected chi connectivity index (χ4v) is 4.23. The van der Waals surface area contributed by atoms with Crippen molar-refractivity contribution in [2.24, 2.45) is 0 Å². The van der Waals surface area contributed by atoms with E-state index >= 15 is 0 Å². The molecule has 0 saturated carbocycles. The molecule has 1 aromatic carbocycles. The van der Waals surface area contributed by atoms with Crippen LogP contribution in [-0.2, 0) is 11.3 Å². The van der Waals surface area contributed by atoms with Gasteiger partial charge in [-0.3, -0.25) is 4.90 Å². The van der Waals surface area contributed by atoms with Crippen molar-refractivity contribution < 1.29 is 4.74 Å². The molecule has 2 aromatic heterocycles. The van der Waals surface area contributed by atoms with Crippen molar-refractivity contribution in [3.8, 4) is 0 Å². The molecule has 0 amide bonds. The number of ether oxygens (including phenoxy) is 1. The van der Waals surface area contributed by atoms with Crippen LogP contribution < -0.4 is 5.32 Å². The van der Waals surface area contributed by atoms with E-state index in [4.69, 9.17) is 4.74 Å². The van der Waals surface area contributed by atoms with Crippen LogP contribution in [0.25, 0.3) is 10.2 Å². The topological polar surface area (TPSA) is 50.3 Å². The average molecular weight is 369 g/mol. The van der Waals surface area contributed by atoms with Crippen LogP contribution in [0.2, 0.25) is 0 Å². The first kappa shape index (κ1) is 17.4. The van der Waals surface area contributed by atoms with Crippen LogP contribution in [0.1, 0.15) is 18.9 Å². The maximum atomic E-state index is 6.12. The van der Waals surface area contributed by atoms with E-state index in [0.29, 0.717) is 0 Å². The lowest BCUT2D eigenvalue weighted by molar-refractivity contribution is -0.0402. The van der Waals surface area contributed by atoms with Gasteiger partial charge in [0.15, 0.2) is 0 Å². The van der Waals surface area contributed by atoms with Gasteiger partial charge in [-0.05, 0) is 23.4 Å². The monoisotopic (exact) mass is 368 g/mol. The predicted octanol–water partition coefficient (Wildman–Crippen LogP) is 3.78. The van der Waals surface area contributed by atoms with Crippen molar-refractivity contribution in [2.75, 3.05) is 25.0 Å². The molecule has 26 heavy (non-hydrogen) atoms. The van der Waals surface area contributed by atoms with Gasteiger partial charge in [-0.25, -0.2) is 9.97 Å². The minimum Gasteiger partial charge on any atom is -0.373 e. The minimum atomic E-state index is 0.154. The zero-order valence-electron chi connectivity index (χ0n) is 15.0. The highest BCUT2D eigenvalue weighted by Crippen LogP contribution is 2.26. The van der Waals surface area contributed by atoms with E-state index in [9.17, 15) is 0 Å². The Morgan fingerprint density at radius 2 is 2.15 bits per heavy atom. The van der Waals surface area contributed by atoms with E-state index < -0.39 is 0 Å². The summed E-state index contributed by atoms with van der Waals surface area (Å²) in [5, 5.41) is 6.77. The third kappa shape index (κ3) is 3.87. The molecule has 1 fully saturated rings. The molecule has 1 N–H and O–H groups in total. The molecule has 6 heteroatoms. The first-order valence-corrected chi connectivity index (χ1v) is 10.0. The number of fused-ring (bicyclic) bond motifs is 1. The van der Waals surface area contributed by atoms with E-state index in [2.05, 4.69) is 68.9 Å². The second-order valence-corrected chi connectivity index (χ2v) is 7.55. The molecule has 1 aliphatic rings. The van der Waals surface area contributed by atoms with Gasteiger partial charge in [0.05, 0.1) is 24.1 Å². The Labute approximate surface area is 158 Å². The molecule has 2 atom stereocenters. The highest BCUT2D eigenvalue weighted by Gasteiger charge is 2.28. The zero-order valence-corrected chi connectivity index (χ0v) is 15.8. The van der Waals surface area contributed by atoms with Crippen LogP contribution in [-0.4, -0.2) is 46.7 Å². The average Bonchev–Trinajstić information content (AvgIpc) is 3.17. The largest absolute Gasteiger partial charge is 0.373 e. The SMILES string of the molecule is CCC(Nc1ncnc2sccc12)C1CN(Cc2ccccc2)CCO1. The van der Waals surface area contributed by atoms with E-state index in [0.717, 1.165) is 48.7 Å². The second-order valence-electron chi connectivity index (χ2n) is 6.65. The van der Waals surface area contributed by atoms with E-state index in [1.165, 1.54) is 5.56 Å². The lowest BCUT2D eigenvalue weighted by atomic mass is 10.1. The molecule has 0 bridgehead atoms. The first-order chi connectivity index (χ1) is 12.8. The fraction of sp³-hybridized carbons (Fsp3) is 0.400. The number of hydrogen-bond acceptors (Lipinski definition) is 6. The van der Waals surface area contributed by atoms with Gasteiger partial charge in [0.1, 0.15) is 17.0 Å². The van der Waals surface area contributed by atoms with Gasteiger partial charge in [0, 0.05) is 19.6 Å². The van der Waals surface area contributed by atoms with Crippen LogP contribution in [0, 0.1) is 0 Å². The fourth-order valence-electron chi connectivity index (χ4n) is 3.50. The normalized spacial score (nSPS) is 19.5. The van der Waals surface area contributed by atoms with Crippen molar-refractivity contribution in [1.82, 2.24) is 14.9 Å². The molecular weight excluding hydrogens is 344 g/mol. The van der Waals surface area contributed by atoms with Crippen molar-refractivity contribution in [3.63, 3.8) is 0 Å². The van der Waals surface area contributed by atoms with Gasteiger partial charge in [-0.15, -0.1) is 11.3 Å². The number of thiophene rings is 1. The molecule has 136 valence electrons. The van der Waals surface area contributed by atoms with Crippen molar-refractivity contribution >= 4 is 27.4 Å².